The van der Waals surface area contributed by atoms with E-state index in [9.17, 15) is 45.2 Å². The fraction of sp³-hybridized carbons (Fsp3) is 0.605. The van der Waals surface area contributed by atoms with Gasteiger partial charge in [-0.1, -0.05) is 43.7 Å². The molecule has 4 amide bonds. The summed E-state index contributed by atoms with van der Waals surface area (Å²) < 4.78 is 103. The molecule has 6 atom stereocenters. The van der Waals surface area contributed by atoms with Crippen molar-refractivity contribution in [3.63, 3.8) is 0 Å². The van der Waals surface area contributed by atoms with Gasteiger partial charge in [0.15, 0.2) is 0 Å². The minimum absolute atomic E-state index is 0.0132. The molecular formula is C38H45F4N5O10S. The number of carbonyl (C=O) groups excluding carboxylic acids is 4. The fourth-order valence-electron chi connectivity index (χ4n) is 7.83. The number of sulfonamides is 1. The van der Waals surface area contributed by atoms with Gasteiger partial charge in [-0.3, -0.25) is 19.1 Å². The molecule has 5 aliphatic rings. The molecule has 0 radical (unpaired) electrons. The Balaban J connectivity index is 1.21. The molecule has 0 bridgehead atoms. The molecule has 7 rings (SSSR count). The van der Waals surface area contributed by atoms with Crippen molar-refractivity contribution in [1.82, 2.24) is 25.2 Å². The lowest BCUT2D eigenvalue weighted by Gasteiger charge is -2.41. The number of methoxy groups -OCH3 is 1. The number of hydrogen-bond acceptors (Lipinski definition) is 11. The number of benzene rings is 1. The van der Waals surface area contributed by atoms with E-state index in [1.165, 1.54) is 13.3 Å². The Morgan fingerprint density at radius 1 is 1.12 bits per heavy atom. The van der Waals surface area contributed by atoms with Crippen LogP contribution in [0.4, 0.5) is 22.4 Å². The number of allylic oxidation sites excluding steroid dienone is 1. The first kappa shape index (κ1) is 41.4. The molecule has 3 N–H and O–H groups in total. The van der Waals surface area contributed by atoms with Crippen LogP contribution in [0, 0.1) is 11.8 Å². The van der Waals surface area contributed by atoms with Gasteiger partial charge in [0.2, 0.25) is 27.7 Å². The molecule has 4 heterocycles. The quantitative estimate of drug-likeness (QED) is 0.247. The van der Waals surface area contributed by atoms with Gasteiger partial charge in [0.1, 0.15) is 40.9 Å². The second kappa shape index (κ2) is 15.5. The second-order valence-electron chi connectivity index (χ2n) is 15.9. The first-order chi connectivity index (χ1) is 27.5. The van der Waals surface area contributed by atoms with Gasteiger partial charge < -0.3 is 34.5 Å². The van der Waals surface area contributed by atoms with Gasteiger partial charge in [0.25, 0.3) is 11.5 Å². The zero-order valence-corrected chi connectivity index (χ0v) is 32.6. The zero-order chi connectivity index (χ0) is 41.7. The van der Waals surface area contributed by atoms with Crippen molar-refractivity contribution < 1.29 is 64.1 Å². The van der Waals surface area contributed by atoms with Gasteiger partial charge in [-0.2, -0.15) is 13.2 Å². The van der Waals surface area contributed by atoms with E-state index in [0.717, 1.165) is 4.90 Å². The number of nitrogens with zero attached hydrogens (tertiary/aromatic N) is 2. The third-order valence-electron chi connectivity index (χ3n) is 11.9. The molecule has 58 heavy (non-hydrogen) atoms. The number of halogens is 4. The zero-order valence-electron chi connectivity index (χ0n) is 31.8. The molecule has 2 saturated heterocycles. The van der Waals surface area contributed by atoms with Crippen LogP contribution in [0.3, 0.4) is 0 Å². The topological polar surface area (TPSA) is 192 Å². The van der Waals surface area contributed by atoms with E-state index in [1.807, 2.05) is 4.72 Å². The third kappa shape index (κ3) is 7.64. The monoisotopic (exact) mass is 839 g/mol. The number of alkyl carbamates (subject to hydrolysis) is 1. The lowest BCUT2D eigenvalue weighted by molar-refractivity contribution is -0.331. The Morgan fingerprint density at radius 3 is 2.48 bits per heavy atom. The molecular weight excluding hydrogens is 795 g/mol. The molecule has 316 valence electrons. The molecule has 15 nitrogen and oxygen atoms in total. The van der Waals surface area contributed by atoms with Crippen LogP contribution < -0.4 is 24.8 Å². The number of pyridine rings is 1. The third-order valence-corrected chi connectivity index (χ3v) is 14.0. The van der Waals surface area contributed by atoms with Crippen LogP contribution in [0.15, 0.2) is 42.6 Å². The highest BCUT2D eigenvalue weighted by Crippen LogP contribution is 2.48. The average molecular weight is 840 g/mol. The molecule has 2 aromatic rings. The molecule has 3 aliphatic heterocycles. The van der Waals surface area contributed by atoms with Gasteiger partial charge in [0.05, 0.1) is 33.1 Å². The Labute approximate surface area is 331 Å². The van der Waals surface area contributed by atoms with Crippen molar-refractivity contribution >= 4 is 44.6 Å². The van der Waals surface area contributed by atoms with Gasteiger partial charge in [-0.25, -0.2) is 22.6 Å². The predicted molar refractivity (Wildman–Crippen MR) is 197 cm³/mol. The van der Waals surface area contributed by atoms with Crippen LogP contribution in [0.25, 0.3) is 10.8 Å². The van der Waals surface area contributed by atoms with Crippen molar-refractivity contribution in [2.24, 2.45) is 11.8 Å². The van der Waals surface area contributed by atoms with E-state index in [2.05, 4.69) is 15.6 Å². The summed E-state index contributed by atoms with van der Waals surface area (Å²) in [6.45, 7) is -1.63. The van der Waals surface area contributed by atoms with Crippen LogP contribution in [0.2, 0.25) is 0 Å². The minimum Gasteiger partial charge on any atom is -0.494 e. The average Bonchev–Trinajstić information content (AvgIpc) is 4.07. The summed E-state index contributed by atoms with van der Waals surface area (Å²) in [6, 6.07) is 4.22. The maximum atomic E-state index is 14.7. The number of nitrogens with one attached hydrogen (secondary N) is 3. The van der Waals surface area contributed by atoms with Crippen molar-refractivity contribution in [3.05, 3.63) is 42.6 Å². The smallest absolute Gasteiger partial charge is 0.433 e. The summed E-state index contributed by atoms with van der Waals surface area (Å²) in [6.07, 6.45) is -0.570. The summed E-state index contributed by atoms with van der Waals surface area (Å²) in [5.74, 6) is -3.41. The summed E-state index contributed by atoms with van der Waals surface area (Å²) in [5.41, 5.74) is -4.66. The number of rotatable bonds is 9. The van der Waals surface area contributed by atoms with Crippen LogP contribution in [0.1, 0.15) is 58.3 Å². The summed E-state index contributed by atoms with van der Waals surface area (Å²) in [4.78, 5) is 61.7. The van der Waals surface area contributed by atoms with Crippen LogP contribution in [0.5, 0.6) is 11.6 Å². The highest BCUT2D eigenvalue weighted by Gasteiger charge is 2.65. The van der Waals surface area contributed by atoms with Crippen molar-refractivity contribution in [2.75, 3.05) is 33.5 Å². The molecule has 0 spiro atoms. The van der Waals surface area contributed by atoms with Gasteiger partial charge in [-0.05, 0) is 50.5 Å². The molecule has 0 unspecified atom stereocenters. The van der Waals surface area contributed by atoms with Gasteiger partial charge in [-0.15, -0.1) is 0 Å². The van der Waals surface area contributed by atoms with Crippen LogP contribution >= 0.6 is 0 Å². The summed E-state index contributed by atoms with van der Waals surface area (Å²) in [5, 5.41) is 6.28. The number of alkyl halides is 4. The summed E-state index contributed by atoms with van der Waals surface area (Å²) >= 11 is 0. The Kier molecular flexibility index (Phi) is 11.1. The Bertz CT molecular complexity index is 2100. The largest absolute Gasteiger partial charge is 0.494 e. The number of amides is 4. The lowest BCUT2D eigenvalue weighted by Crippen LogP contribution is -2.65. The predicted octanol–water partition coefficient (Wildman–Crippen LogP) is 3.61. The molecule has 2 saturated carbocycles. The first-order valence-electron chi connectivity index (χ1n) is 19.1. The number of ether oxygens (including phenoxy) is 4. The van der Waals surface area contributed by atoms with Crippen molar-refractivity contribution in [3.8, 4) is 11.6 Å². The normalized spacial score (nSPS) is 29.9. The molecule has 4 fully saturated rings. The van der Waals surface area contributed by atoms with E-state index in [-0.39, 0.29) is 38.1 Å². The standard InChI is InChI=1S/C38H45F4N5O10S/c1-22-9-5-3-4-6-10-23-16-37(23,33(50)46-58(52,53)35(19-39)13-14-35)45-30(48)27-15-24(56-31-26-12-8-7-11-25(26)28(54-2)17-43-31)18-47(27)32(49)29(22)44-34(51)57-36(20-55-21-36)38(40,41)42/h6-8,10-12,17,22-24,27,29H,3-5,9,13-16,18-21H2,1-2H3,(H,44,51)(H,45,48)(H,46,50)/b10-6-/t22-,23-,24-,27+,29+,37-/m1/s1. The van der Waals surface area contributed by atoms with Crippen molar-refractivity contribution in [2.45, 2.75) is 98.5 Å². The number of fused-ring (bicyclic) bond motifs is 3. The molecule has 20 heteroatoms. The highest BCUT2D eigenvalue weighted by atomic mass is 32.2. The highest BCUT2D eigenvalue weighted by molar-refractivity contribution is 7.91. The maximum absolute atomic E-state index is 14.7. The van der Waals surface area contributed by atoms with Crippen LogP contribution in [-0.2, 0) is 33.9 Å². The Hall–Kier alpha value is -4.72. The van der Waals surface area contributed by atoms with Gasteiger partial charge >= 0.3 is 12.3 Å². The molecule has 1 aromatic carbocycles. The molecule has 1 aromatic heterocycles. The first-order valence-corrected chi connectivity index (χ1v) is 20.6. The van der Waals surface area contributed by atoms with Crippen molar-refractivity contribution in [1.29, 1.82) is 0 Å². The SMILES string of the molecule is COc1cnc(O[C@@H]2C[C@H]3C(=O)N[C@]4(C(=O)NS(=O)(=O)C5(CF)CC5)C[C@H]4/C=C\CCCC[C@@H](C)[C@H](NC(=O)OC4(C(F)(F)F)COC4)C(=O)N3C2)c2ccccc12. The van der Waals surface area contributed by atoms with E-state index >= 15 is 0 Å². The van der Waals surface area contributed by atoms with E-state index in [4.69, 9.17) is 18.9 Å². The number of hydrogen-bond donors (Lipinski definition) is 3. The van der Waals surface area contributed by atoms with E-state index in [1.54, 1.807) is 43.3 Å². The van der Waals surface area contributed by atoms with E-state index in [0.29, 0.717) is 42.2 Å². The summed E-state index contributed by atoms with van der Waals surface area (Å²) in [7, 11) is -2.98. The minimum atomic E-state index is -4.96. The fourth-order valence-corrected chi connectivity index (χ4v) is 9.26. The molecule has 2 aliphatic carbocycles. The second-order valence-corrected chi connectivity index (χ2v) is 17.9. The maximum Gasteiger partial charge on any atom is 0.433 e. The number of aromatic nitrogens is 1. The number of carbonyl (C=O) groups is 4. The lowest BCUT2D eigenvalue weighted by atomic mass is 9.93. The Morgan fingerprint density at radius 2 is 1.84 bits per heavy atom. The van der Waals surface area contributed by atoms with E-state index < -0.39 is 106 Å². The van der Waals surface area contributed by atoms with Crippen LogP contribution in [-0.4, -0.2) is 116 Å². The van der Waals surface area contributed by atoms with Gasteiger partial charge in [0, 0.05) is 23.1 Å².